The number of phenolic OH excluding ortho intramolecular Hbond substituents is 2. The third-order valence-corrected chi connectivity index (χ3v) is 3.57. The van der Waals surface area contributed by atoms with Crippen molar-refractivity contribution in [1.82, 2.24) is 9.97 Å². The second kappa shape index (κ2) is 6.23. The number of nitrogens with zero attached hydrogens (tertiary/aromatic N) is 3. The monoisotopic (exact) mass is 312 g/mol. The van der Waals surface area contributed by atoms with Gasteiger partial charge in [0.1, 0.15) is 11.5 Å². The van der Waals surface area contributed by atoms with Crippen molar-refractivity contribution in [3.8, 4) is 22.8 Å². The molecule has 2 heterocycles. The van der Waals surface area contributed by atoms with E-state index in [4.69, 9.17) is 0 Å². The number of aromatic hydroxyl groups is 2. The van der Waals surface area contributed by atoms with Gasteiger partial charge in [0.2, 0.25) is 5.13 Å². The molecule has 0 radical (unpaired) electrons. The van der Waals surface area contributed by atoms with Gasteiger partial charge in [0.05, 0.1) is 11.9 Å². The van der Waals surface area contributed by atoms with E-state index in [1.807, 2.05) is 12.1 Å². The molecule has 0 aliphatic heterocycles. The van der Waals surface area contributed by atoms with Crippen molar-refractivity contribution in [3.05, 3.63) is 53.7 Å². The fourth-order valence-corrected chi connectivity index (χ4v) is 2.46. The Labute approximate surface area is 130 Å². The van der Waals surface area contributed by atoms with Crippen LogP contribution in [-0.4, -0.2) is 26.4 Å². The standard InChI is InChI=1S/C15H12N4O2S/c20-11-3-4-12(14(21)6-11)13-9-22-15(18-13)19-17-8-10-2-1-5-16-7-10/h1-9,20-21H,(H,18,19). The lowest BCUT2D eigenvalue weighted by Crippen LogP contribution is -1.90. The van der Waals surface area contributed by atoms with Crippen LogP contribution >= 0.6 is 11.3 Å². The van der Waals surface area contributed by atoms with Crippen LogP contribution in [-0.2, 0) is 0 Å². The van der Waals surface area contributed by atoms with Crippen LogP contribution in [0.15, 0.2) is 53.2 Å². The lowest BCUT2D eigenvalue weighted by Gasteiger charge is -2.01. The van der Waals surface area contributed by atoms with E-state index in [0.717, 1.165) is 5.56 Å². The molecule has 110 valence electrons. The van der Waals surface area contributed by atoms with E-state index in [2.05, 4.69) is 20.5 Å². The minimum absolute atomic E-state index is 0.0101. The van der Waals surface area contributed by atoms with Crippen molar-refractivity contribution < 1.29 is 10.2 Å². The normalized spacial score (nSPS) is 10.9. The summed E-state index contributed by atoms with van der Waals surface area (Å²) in [6.07, 6.45) is 5.04. The molecule has 0 spiro atoms. The van der Waals surface area contributed by atoms with E-state index in [9.17, 15) is 10.2 Å². The van der Waals surface area contributed by atoms with Gasteiger partial charge in [-0.25, -0.2) is 4.98 Å². The van der Waals surface area contributed by atoms with Gasteiger partial charge in [-0.05, 0) is 18.2 Å². The van der Waals surface area contributed by atoms with E-state index in [1.165, 1.54) is 23.5 Å². The number of thiazole rings is 1. The molecule has 1 aromatic carbocycles. The van der Waals surface area contributed by atoms with E-state index in [1.54, 1.807) is 30.1 Å². The van der Waals surface area contributed by atoms with E-state index >= 15 is 0 Å². The van der Waals surface area contributed by atoms with Crippen LogP contribution < -0.4 is 5.43 Å². The third kappa shape index (κ3) is 3.21. The highest BCUT2D eigenvalue weighted by Gasteiger charge is 2.09. The fourth-order valence-electron chi connectivity index (χ4n) is 1.80. The Morgan fingerprint density at radius 2 is 2.14 bits per heavy atom. The van der Waals surface area contributed by atoms with Gasteiger partial charge in [0.25, 0.3) is 0 Å². The zero-order valence-corrected chi connectivity index (χ0v) is 12.2. The summed E-state index contributed by atoms with van der Waals surface area (Å²) in [5.41, 5.74) is 4.88. The van der Waals surface area contributed by atoms with Gasteiger partial charge < -0.3 is 10.2 Å². The molecule has 0 aliphatic rings. The summed E-state index contributed by atoms with van der Waals surface area (Å²) in [6, 6.07) is 8.11. The van der Waals surface area contributed by atoms with Crippen LogP contribution in [0.5, 0.6) is 11.5 Å². The second-order valence-corrected chi connectivity index (χ2v) is 5.25. The predicted molar refractivity (Wildman–Crippen MR) is 86.3 cm³/mol. The number of anilines is 1. The number of hydrogen-bond donors (Lipinski definition) is 3. The van der Waals surface area contributed by atoms with Crippen LogP contribution in [0.25, 0.3) is 11.3 Å². The number of rotatable bonds is 4. The lowest BCUT2D eigenvalue weighted by molar-refractivity contribution is 0.452. The van der Waals surface area contributed by atoms with Gasteiger partial charge in [-0.3, -0.25) is 10.4 Å². The highest BCUT2D eigenvalue weighted by atomic mass is 32.1. The Hall–Kier alpha value is -2.93. The predicted octanol–water partition coefficient (Wildman–Crippen LogP) is 3.06. The average Bonchev–Trinajstić information content (AvgIpc) is 2.97. The third-order valence-electron chi connectivity index (χ3n) is 2.82. The minimum Gasteiger partial charge on any atom is -0.508 e. The molecule has 0 saturated carbocycles. The number of phenols is 2. The molecule has 0 fully saturated rings. The average molecular weight is 312 g/mol. The quantitative estimate of drug-likeness (QED) is 0.509. The summed E-state index contributed by atoms with van der Waals surface area (Å²) >= 11 is 1.37. The van der Waals surface area contributed by atoms with E-state index in [-0.39, 0.29) is 11.5 Å². The van der Waals surface area contributed by atoms with Crippen LogP contribution in [0, 0.1) is 0 Å². The van der Waals surface area contributed by atoms with Gasteiger partial charge >= 0.3 is 0 Å². The molecule has 7 heteroatoms. The molecular weight excluding hydrogens is 300 g/mol. The lowest BCUT2D eigenvalue weighted by atomic mass is 10.1. The maximum absolute atomic E-state index is 9.83. The Morgan fingerprint density at radius 3 is 2.91 bits per heavy atom. The topological polar surface area (TPSA) is 90.6 Å². The molecule has 0 unspecified atom stereocenters. The number of benzene rings is 1. The first-order chi connectivity index (χ1) is 10.7. The number of hydrogen-bond acceptors (Lipinski definition) is 7. The van der Waals surface area contributed by atoms with Gasteiger partial charge in [-0.15, -0.1) is 11.3 Å². The van der Waals surface area contributed by atoms with Gasteiger partial charge in [0, 0.05) is 35.0 Å². The Bertz CT molecular complexity index is 802. The largest absolute Gasteiger partial charge is 0.508 e. The van der Waals surface area contributed by atoms with Gasteiger partial charge in [-0.2, -0.15) is 5.10 Å². The Balaban J connectivity index is 1.73. The number of aromatic nitrogens is 2. The number of pyridine rings is 1. The number of nitrogens with one attached hydrogen (secondary N) is 1. The van der Waals surface area contributed by atoms with Crippen molar-refractivity contribution in [2.75, 3.05) is 5.43 Å². The molecule has 3 N–H and O–H groups in total. The minimum atomic E-state index is -0.0179. The highest BCUT2D eigenvalue weighted by molar-refractivity contribution is 7.14. The molecular formula is C15H12N4O2S. The molecule has 3 rings (SSSR count). The van der Waals surface area contributed by atoms with Crippen LogP contribution in [0.3, 0.4) is 0 Å². The van der Waals surface area contributed by atoms with Crippen molar-refractivity contribution in [1.29, 1.82) is 0 Å². The van der Waals surface area contributed by atoms with Crippen LogP contribution in [0.4, 0.5) is 5.13 Å². The number of hydrazone groups is 1. The maximum atomic E-state index is 9.83. The Kier molecular flexibility index (Phi) is 3.97. The van der Waals surface area contributed by atoms with Gasteiger partial charge in [0.15, 0.2) is 0 Å². The summed E-state index contributed by atoms with van der Waals surface area (Å²) in [6.45, 7) is 0. The first-order valence-corrected chi connectivity index (χ1v) is 7.27. The highest BCUT2D eigenvalue weighted by Crippen LogP contribution is 2.33. The first-order valence-electron chi connectivity index (χ1n) is 6.39. The van der Waals surface area contributed by atoms with Crippen molar-refractivity contribution >= 4 is 22.7 Å². The smallest absolute Gasteiger partial charge is 0.203 e. The molecule has 0 aliphatic carbocycles. The van der Waals surface area contributed by atoms with Crippen LogP contribution in [0.2, 0.25) is 0 Å². The second-order valence-electron chi connectivity index (χ2n) is 4.40. The molecule has 2 aromatic heterocycles. The fraction of sp³-hybridized carbons (Fsp3) is 0. The Morgan fingerprint density at radius 1 is 1.23 bits per heavy atom. The molecule has 0 bridgehead atoms. The summed E-state index contributed by atoms with van der Waals surface area (Å²) in [7, 11) is 0. The van der Waals surface area contributed by atoms with Crippen molar-refractivity contribution in [2.45, 2.75) is 0 Å². The summed E-state index contributed by atoms with van der Waals surface area (Å²) < 4.78 is 0. The summed E-state index contributed by atoms with van der Waals surface area (Å²) in [5, 5.41) is 25.6. The van der Waals surface area contributed by atoms with E-state index < -0.39 is 0 Å². The molecule has 22 heavy (non-hydrogen) atoms. The molecule has 6 nitrogen and oxygen atoms in total. The first kappa shape index (κ1) is 14.0. The van der Waals surface area contributed by atoms with E-state index in [0.29, 0.717) is 16.4 Å². The zero-order chi connectivity index (χ0) is 15.4. The molecule has 0 saturated heterocycles. The summed E-state index contributed by atoms with van der Waals surface area (Å²) in [4.78, 5) is 8.33. The van der Waals surface area contributed by atoms with Crippen molar-refractivity contribution in [2.24, 2.45) is 5.10 Å². The SMILES string of the molecule is Oc1ccc(-c2csc(NN=Cc3cccnc3)n2)c(O)c1. The van der Waals surface area contributed by atoms with Crippen molar-refractivity contribution in [3.63, 3.8) is 0 Å². The maximum Gasteiger partial charge on any atom is 0.203 e. The van der Waals surface area contributed by atoms with Crippen LogP contribution in [0.1, 0.15) is 5.56 Å². The molecule has 0 amide bonds. The molecule has 0 atom stereocenters. The van der Waals surface area contributed by atoms with Gasteiger partial charge in [-0.1, -0.05) is 6.07 Å². The molecule has 3 aromatic rings. The zero-order valence-electron chi connectivity index (χ0n) is 11.3. The summed E-state index contributed by atoms with van der Waals surface area (Å²) in [5.74, 6) is -0.00777.